The summed E-state index contributed by atoms with van der Waals surface area (Å²) < 4.78 is 0. The minimum Gasteiger partial charge on any atom is -0.478 e. The highest BCUT2D eigenvalue weighted by Crippen LogP contribution is 2.22. The molecular weight excluding hydrogens is 228 g/mol. The Labute approximate surface area is 106 Å². The molecule has 0 fully saturated rings. The molecule has 0 amide bonds. The monoisotopic (exact) mass is 244 g/mol. The van der Waals surface area contributed by atoms with Crippen molar-refractivity contribution in [3.8, 4) is 0 Å². The second-order valence-corrected chi connectivity index (χ2v) is 4.18. The van der Waals surface area contributed by atoms with Gasteiger partial charge in [-0.2, -0.15) is 0 Å². The summed E-state index contributed by atoms with van der Waals surface area (Å²) >= 11 is 0. The van der Waals surface area contributed by atoms with Crippen LogP contribution in [-0.2, 0) is 0 Å². The Hall–Kier alpha value is -2.10. The zero-order valence-electron chi connectivity index (χ0n) is 10.3. The van der Waals surface area contributed by atoms with Crippen molar-refractivity contribution in [2.24, 2.45) is 0 Å². The van der Waals surface area contributed by atoms with E-state index in [0.717, 1.165) is 36.0 Å². The van der Waals surface area contributed by atoms with E-state index in [1.54, 1.807) is 24.4 Å². The number of nitrogens with one attached hydrogen (secondary N) is 1. The Morgan fingerprint density at radius 2 is 2.22 bits per heavy atom. The number of aromatic nitrogens is 1. The summed E-state index contributed by atoms with van der Waals surface area (Å²) in [5.41, 5.74) is 0.299. The van der Waals surface area contributed by atoms with E-state index < -0.39 is 5.97 Å². The molecule has 94 valence electrons. The van der Waals surface area contributed by atoms with Crippen molar-refractivity contribution in [2.45, 2.75) is 19.8 Å². The molecule has 4 heteroatoms. The minimum atomic E-state index is -0.908. The van der Waals surface area contributed by atoms with E-state index in [0.29, 0.717) is 5.56 Å². The molecule has 0 bridgehead atoms. The summed E-state index contributed by atoms with van der Waals surface area (Å²) in [6, 6.07) is 6.91. The van der Waals surface area contributed by atoms with Gasteiger partial charge < -0.3 is 10.4 Å². The number of carbonyl (C=O) groups is 1. The lowest BCUT2D eigenvalue weighted by Gasteiger charge is -2.08. The number of benzene rings is 1. The average molecular weight is 244 g/mol. The fourth-order valence-electron chi connectivity index (χ4n) is 1.84. The predicted molar refractivity (Wildman–Crippen MR) is 72.1 cm³/mol. The van der Waals surface area contributed by atoms with Crippen LogP contribution in [0.15, 0.2) is 30.5 Å². The molecule has 1 aromatic heterocycles. The Kier molecular flexibility index (Phi) is 3.77. The first-order chi connectivity index (χ1) is 8.72. The second-order valence-electron chi connectivity index (χ2n) is 4.18. The van der Waals surface area contributed by atoms with Gasteiger partial charge in [0.05, 0.1) is 5.56 Å². The number of unbranched alkanes of at least 4 members (excludes halogenated alkanes) is 1. The van der Waals surface area contributed by atoms with Gasteiger partial charge in [0.15, 0.2) is 0 Å². The van der Waals surface area contributed by atoms with Crippen LogP contribution < -0.4 is 5.32 Å². The molecule has 0 radical (unpaired) electrons. The van der Waals surface area contributed by atoms with Gasteiger partial charge in [-0.05, 0) is 36.1 Å². The molecule has 0 saturated heterocycles. The van der Waals surface area contributed by atoms with Gasteiger partial charge >= 0.3 is 5.97 Å². The summed E-state index contributed by atoms with van der Waals surface area (Å²) in [6.45, 7) is 3.01. The van der Waals surface area contributed by atoms with E-state index >= 15 is 0 Å². The van der Waals surface area contributed by atoms with Crippen LogP contribution >= 0.6 is 0 Å². The van der Waals surface area contributed by atoms with E-state index in [1.807, 2.05) is 6.07 Å². The van der Waals surface area contributed by atoms with Gasteiger partial charge in [0.25, 0.3) is 0 Å². The third-order valence-electron chi connectivity index (χ3n) is 2.83. The number of hydrogen-bond donors (Lipinski definition) is 2. The number of carboxylic acids is 1. The summed E-state index contributed by atoms with van der Waals surface area (Å²) in [5, 5.41) is 14.1. The number of hydrogen-bond acceptors (Lipinski definition) is 3. The molecule has 0 aliphatic heterocycles. The number of rotatable bonds is 5. The fourth-order valence-corrected chi connectivity index (χ4v) is 1.84. The number of nitrogens with zero attached hydrogens (tertiary/aromatic N) is 1. The van der Waals surface area contributed by atoms with E-state index in [2.05, 4.69) is 17.2 Å². The second kappa shape index (κ2) is 5.49. The van der Waals surface area contributed by atoms with Crippen LogP contribution in [0.3, 0.4) is 0 Å². The van der Waals surface area contributed by atoms with Crippen molar-refractivity contribution in [3.63, 3.8) is 0 Å². The van der Waals surface area contributed by atoms with Crippen LogP contribution in [0, 0.1) is 0 Å². The molecule has 2 N–H and O–H groups in total. The normalized spacial score (nSPS) is 10.5. The quantitative estimate of drug-likeness (QED) is 0.793. The molecule has 18 heavy (non-hydrogen) atoms. The van der Waals surface area contributed by atoms with Crippen molar-refractivity contribution in [3.05, 3.63) is 36.0 Å². The smallest absolute Gasteiger partial charge is 0.335 e. The number of anilines is 1. The van der Waals surface area contributed by atoms with Crippen LogP contribution in [0.1, 0.15) is 30.1 Å². The summed E-state index contributed by atoms with van der Waals surface area (Å²) in [4.78, 5) is 15.2. The van der Waals surface area contributed by atoms with E-state index in [-0.39, 0.29) is 0 Å². The third-order valence-corrected chi connectivity index (χ3v) is 2.83. The molecule has 0 unspecified atom stereocenters. The Morgan fingerprint density at radius 3 is 2.94 bits per heavy atom. The maximum atomic E-state index is 10.9. The van der Waals surface area contributed by atoms with Crippen LogP contribution in [-0.4, -0.2) is 22.6 Å². The lowest BCUT2D eigenvalue weighted by atomic mass is 10.1. The van der Waals surface area contributed by atoms with Crippen molar-refractivity contribution < 1.29 is 9.90 Å². The summed E-state index contributed by atoms with van der Waals surface area (Å²) in [5.74, 6) is -0.0907. The largest absolute Gasteiger partial charge is 0.478 e. The van der Waals surface area contributed by atoms with Crippen LogP contribution in [0.2, 0.25) is 0 Å². The topological polar surface area (TPSA) is 62.2 Å². The highest BCUT2D eigenvalue weighted by molar-refractivity contribution is 5.98. The molecule has 0 saturated carbocycles. The van der Waals surface area contributed by atoms with Gasteiger partial charge in [0, 0.05) is 18.1 Å². The summed E-state index contributed by atoms with van der Waals surface area (Å²) in [6.07, 6.45) is 3.91. The molecule has 4 nitrogen and oxygen atoms in total. The van der Waals surface area contributed by atoms with Gasteiger partial charge in [0.2, 0.25) is 0 Å². The van der Waals surface area contributed by atoms with Crippen molar-refractivity contribution in [1.29, 1.82) is 0 Å². The fraction of sp³-hybridized carbons (Fsp3) is 0.286. The number of carboxylic acid groups (broad SMARTS) is 1. The highest BCUT2D eigenvalue weighted by atomic mass is 16.4. The first-order valence-corrected chi connectivity index (χ1v) is 6.08. The van der Waals surface area contributed by atoms with Crippen LogP contribution in [0.25, 0.3) is 10.8 Å². The van der Waals surface area contributed by atoms with Gasteiger partial charge in [-0.15, -0.1) is 0 Å². The minimum absolute atomic E-state index is 0.299. The van der Waals surface area contributed by atoms with Gasteiger partial charge in [-0.1, -0.05) is 13.3 Å². The number of fused-ring (bicyclic) bond motifs is 1. The molecule has 2 aromatic rings. The van der Waals surface area contributed by atoms with E-state index in [9.17, 15) is 4.79 Å². The molecule has 0 atom stereocenters. The maximum absolute atomic E-state index is 10.9. The van der Waals surface area contributed by atoms with Crippen molar-refractivity contribution >= 4 is 22.6 Å². The highest BCUT2D eigenvalue weighted by Gasteiger charge is 2.06. The maximum Gasteiger partial charge on any atom is 0.335 e. The standard InChI is InChI=1S/C14H16N2O2/c1-2-3-7-15-13-12-5-4-11(14(17)18)9-10(12)6-8-16-13/h4-6,8-9H,2-3,7H2,1H3,(H,15,16)(H,17,18). The SMILES string of the molecule is CCCCNc1nccc2cc(C(=O)O)ccc12. The molecule has 0 aliphatic carbocycles. The van der Waals surface area contributed by atoms with Crippen LogP contribution in [0.5, 0.6) is 0 Å². The lowest BCUT2D eigenvalue weighted by Crippen LogP contribution is -2.03. The average Bonchev–Trinajstić information content (AvgIpc) is 2.38. The lowest BCUT2D eigenvalue weighted by molar-refractivity contribution is 0.0697. The number of aromatic carboxylic acids is 1. The first-order valence-electron chi connectivity index (χ1n) is 6.08. The zero-order valence-corrected chi connectivity index (χ0v) is 10.3. The van der Waals surface area contributed by atoms with E-state index in [1.165, 1.54) is 0 Å². The van der Waals surface area contributed by atoms with Gasteiger partial charge in [0.1, 0.15) is 5.82 Å². The predicted octanol–water partition coefficient (Wildman–Crippen LogP) is 3.15. The number of pyridine rings is 1. The van der Waals surface area contributed by atoms with Gasteiger partial charge in [-0.25, -0.2) is 9.78 Å². The molecular formula is C14H16N2O2. The zero-order chi connectivity index (χ0) is 13.0. The molecule has 0 aliphatic rings. The summed E-state index contributed by atoms with van der Waals surface area (Å²) in [7, 11) is 0. The Balaban J connectivity index is 2.34. The van der Waals surface area contributed by atoms with Gasteiger partial charge in [-0.3, -0.25) is 0 Å². The third kappa shape index (κ3) is 2.59. The molecule has 0 spiro atoms. The van der Waals surface area contributed by atoms with Crippen LogP contribution in [0.4, 0.5) is 5.82 Å². The first kappa shape index (κ1) is 12.4. The van der Waals surface area contributed by atoms with E-state index in [4.69, 9.17) is 5.11 Å². The molecule has 2 rings (SSSR count). The van der Waals surface area contributed by atoms with Crippen molar-refractivity contribution in [1.82, 2.24) is 4.98 Å². The Bertz CT molecular complexity index is 567. The molecule has 1 heterocycles. The van der Waals surface area contributed by atoms with Crippen molar-refractivity contribution in [2.75, 3.05) is 11.9 Å². The Morgan fingerprint density at radius 1 is 1.39 bits per heavy atom. The molecule has 1 aromatic carbocycles.